The van der Waals surface area contributed by atoms with Gasteiger partial charge in [0.1, 0.15) is 5.76 Å². The van der Waals surface area contributed by atoms with Gasteiger partial charge in [0.2, 0.25) is 14.2 Å². The largest absolute Gasteiger partial charge is 0.543 e. The summed E-state index contributed by atoms with van der Waals surface area (Å²) in [7, 11) is -2.17. The molecule has 0 radical (unpaired) electrons. The van der Waals surface area contributed by atoms with Crippen molar-refractivity contribution in [2.75, 3.05) is 0 Å². The van der Waals surface area contributed by atoms with E-state index in [1.165, 1.54) is 6.08 Å². The summed E-state index contributed by atoms with van der Waals surface area (Å²) in [6.45, 7) is 6.84. The first-order chi connectivity index (χ1) is 10.6. The molecule has 0 N–H and O–H groups in total. The van der Waals surface area contributed by atoms with Crippen LogP contribution in [-0.4, -0.2) is 20.2 Å². The summed E-state index contributed by atoms with van der Waals surface area (Å²) < 4.78 is 60.1. The molecule has 0 aliphatic heterocycles. The maximum Gasteiger partial charge on any atom is 0.299 e. The van der Waals surface area contributed by atoms with E-state index >= 15 is 0 Å². The van der Waals surface area contributed by atoms with E-state index in [0.29, 0.717) is 19.3 Å². The Morgan fingerprint density at radius 1 is 1.13 bits per heavy atom. The van der Waals surface area contributed by atoms with Crippen LogP contribution in [0.5, 0.6) is 0 Å². The van der Waals surface area contributed by atoms with Gasteiger partial charge in [-0.25, -0.2) is 8.78 Å². The maximum absolute atomic E-state index is 13.9. The summed E-state index contributed by atoms with van der Waals surface area (Å²) in [5.74, 6) is -5.79. The van der Waals surface area contributed by atoms with Crippen molar-refractivity contribution in [2.24, 2.45) is 5.92 Å². The molecule has 0 aromatic carbocycles. The molecule has 0 aromatic heterocycles. The lowest BCUT2D eigenvalue weighted by Crippen LogP contribution is -2.38. The van der Waals surface area contributed by atoms with E-state index in [1.54, 1.807) is 0 Å². The third-order valence-electron chi connectivity index (χ3n) is 5.17. The number of hydrogen-bond acceptors (Lipinski definition) is 1. The summed E-state index contributed by atoms with van der Waals surface area (Å²) in [6, 6.07) is 2.38. The molecule has 23 heavy (non-hydrogen) atoms. The average Bonchev–Trinajstić information content (AvgIpc) is 2.48. The van der Waals surface area contributed by atoms with Crippen LogP contribution in [0.15, 0.2) is 11.8 Å². The third-order valence-corrected chi connectivity index (χ3v) is 9.68. The standard InChI is InChI=1S/C17H30F4OSi/c1-5-23(6-2,7-3)22-15(16(4,18)19)9-8-14-10-12-17(20,21)13-11-14/h9,14H,5-8,10-13H2,1-4H3. The summed E-state index contributed by atoms with van der Waals surface area (Å²) in [5, 5.41) is 0. The zero-order valence-electron chi connectivity index (χ0n) is 14.7. The van der Waals surface area contributed by atoms with Gasteiger partial charge in [0.15, 0.2) is 0 Å². The van der Waals surface area contributed by atoms with E-state index in [-0.39, 0.29) is 24.5 Å². The Balaban J connectivity index is 2.79. The van der Waals surface area contributed by atoms with Crippen LogP contribution in [0.3, 0.4) is 0 Å². The van der Waals surface area contributed by atoms with E-state index < -0.39 is 20.2 Å². The van der Waals surface area contributed by atoms with E-state index in [2.05, 4.69) is 0 Å². The van der Waals surface area contributed by atoms with Crippen molar-refractivity contribution >= 4 is 8.32 Å². The van der Waals surface area contributed by atoms with Gasteiger partial charge >= 0.3 is 0 Å². The second kappa shape index (κ2) is 8.04. The van der Waals surface area contributed by atoms with Crippen LogP contribution in [0.2, 0.25) is 18.1 Å². The molecule has 1 saturated carbocycles. The Bertz CT molecular complexity index is 382. The van der Waals surface area contributed by atoms with E-state index in [9.17, 15) is 17.6 Å². The molecular formula is C17H30F4OSi. The van der Waals surface area contributed by atoms with Crippen molar-refractivity contribution < 1.29 is 22.0 Å². The van der Waals surface area contributed by atoms with Crippen LogP contribution in [0, 0.1) is 5.92 Å². The molecule has 0 spiro atoms. The number of alkyl halides is 4. The molecule has 0 aromatic rings. The Kier molecular flexibility index (Phi) is 7.17. The zero-order valence-corrected chi connectivity index (χ0v) is 15.7. The van der Waals surface area contributed by atoms with Gasteiger partial charge in [-0.3, -0.25) is 0 Å². The molecule has 1 fully saturated rings. The SMILES string of the molecule is CC[Si](CC)(CC)OC(=CCC1CCC(F)(F)CC1)C(C)(F)F. The summed E-state index contributed by atoms with van der Waals surface area (Å²) in [6.07, 6.45) is 2.38. The fourth-order valence-corrected chi connectivity index (χ4v) is 5.78. The van der Waals surface area contributed by atoms with Crippen LogP contribution >= 0.6 is 0 Å². The smallest absolute Gasteiger partial charge is 0.299 e. The van der Waals surface area contributed by atoms with Gasteiger partial charge in [0, 0.05) is 19.8 Å². The Hall–Kier alpha value is -0.523. The van der Waals surface area contributed by atoms with Crippen molar-refractivity contribution in [1.29, 1.82) is 0 Å². The first kappa shape index (κ1) is 20.5. The van der Waals surface area contributed by atoms with Crippen molar-refractivity contribution in [3.8, 4) is 0 Å². The average molecular weight is 355 g/mol. The highest BCUT2D eigenvalue weighted by Gasteiger charge is 2.39. The first-order valence-corrected chi connectivity index (χ1v) is 11.3. The normalized spacial score (nSPS) is 20.6. The molecule has 0 heterocycles. The molecule has 1 aliphatic rings. The fourth-order valence-electron chi connectivity index (χ4n) is 3.12. The molecule has 0 unspecified atom stereocenters. The van der Waals surface area contributed by atoms with Gasteiger partial charge in [-0.15, -0.1) is 0 Å². The number of allylic oxidation sites excluding steroid dienone is 2. The summed E-state index contributed by atoms with van der Waals surface area (Å²) >= 11 is 0. The lowest BCUT2D eigenvalue weighted by molar-refractivity contribution is -0.0456. The van der Waals surface area contributed by atoms with Crippen LogP contribution in [0.1, 0.15) is 59.8 Å². The van der Waals surface area contributed by atoms with Gasteiger partial charge in [-0.2, -0.15) is 8.78 Å². The summed E-state index contributed by atoms with van der Waals surface area (Å²) in [4.78, 5) is 0. The lowest BCUT2D eigenvalue weighted by Gasteiger charge is -2.33. The second-order valence-electron chi connectivity index (χ2n) is 6.84. The van der Waals surface area contributed by atoms with Crippen molar-refractivity contribution in [3.05, 3.63) is 11.8 Å². The fraction of sp³-hybridized carbons (Fsp3) is 0.882. The zero-order chi connectivity index (χ0) is 17.7. The monoisotopic (exact) mass is 354 g/mol. The Morgan fingerprint density at radius 3 is 2.00 bits per heavy atom. The predicted octanol–water partition coefficient (Wildman–Crippen LogP) is 6.76. The maximum atomic E-state index is 13.9. The highest BCUT2D eigenvalue weighted by molar-refractivity contribution is 6.73. The van der Waals surface area contributed by atoms with Crippen LogP contribution in [0.25, 0.3) is 0 Å². The molecule has 0 amide bonds. The molecule has 1 rings (SSSR count). The molecule has 0 saturated heterocycles. The molecule has 1 aliphatic carbocycles. The van der Waals surface area contributed by atoms with Gasteiger partial charge in [0.05, 0.1) is 0 Å². The van der Waals surface area contributed by atoms with Crippen molar-refractivity contribution in [1.82, 2.24) is 0 Å². The molecule has 6 heteroatoms. The second-order valence-corrected chi connectivity index (χ2v) is 11.5. The molecular weight excluding hydrogens is 324 g/mol. The Labute approximate surface area is 138 Å². The van der Waals surface area contributed by atoms with Gasteiger partial charge < -0.3 is 4.43 Å². The molecule has 136 valence electrons. The van der Waals surface area contributed by atoms with Crippen LogP contribution in [-0.2, 0) is 4.43 Å². The topological polar surface area (TPSA) is 9.23 Å². The van der Waals surface area contributed by atoms with Crippen molar-refractivity contribution in [3.63, 3.8) is 0 Å². The highest BCUT2D eigenvalue weighted by Crippen LogP contribution is 2.39. The predicted molar refractivity (Wildman–Crippen MR) is 88.5 cm³/mol. The van der Waals surface area contributed by atoms with Gasteiger partial charge in [0.25, 0.3) is 5.92 Å². The number of halogens is 4. The minimum Gasteiger partial charge on any atom is -0.543 e. The van der Waals surface area contributed by atoms with E-state index in [4.69, 9.17) is 4.43 Å². The first-order valence-electron chi connectivity index (χ1n) is 8.72. The van der Waals surface area contributed by atoms with Crippen LogP contribution in [0.4, 0.5) is 17.6 Å². The minimum atomic E-state index is -3.02. The molecule has 1 nitrogen and oxygen atoms in total. The lowest BCUT2D eigenvalue weighted by atomic mass is 9.84. The van der Waals surface area contributed by atoms with E-state index in [1.807, 2.05) is 20.8 Å². The van der Waals surface area contributed by atoms with Gasteiger partial charge in [-0.05, 0) is 49.4 Å². The third kappa shape index (κ3) is 6.12. The quantitative estimate of drug-likeness (QED) is 0.266. The highest BCUT2D eigenvalue weighted by atomic mass is 28.4. The number of hydrogen-bond donors (Lipinski definition) is 0. The Morgan fingerprint density at radius 2 is 1.61 bits per heavy atom. The number of rotatable bonds is 8. The van der Waals surface area contributed by atoms with Crippen LogP contribution < -0.4 is 0 Å². The van der Waals surface area contributed by atoms with E-state index in [0.717, 1.165) is 25.1 Å². The summed E-state index contributed by atoms with van der Waals surface area (Å²) in [5.41, 5.74) is 0. The van der Waals surface area contributed by atoms with Gasteiger partial charge in [-0.1, -0.05) is 20.8 Å². The molecule has 0 atom stereocenters. The molecule has 0 bridgehead atoms. The van der Waals surface area contributed by atoms with Crippen molar-refractivity contribution in [2.45, 2.75) is 89.8 Å². The minimum absolute atomic E-state index is 0.0523.